The molecule has 1 aromatic rings. The van der Waals surface area contributed by atoms with E-state index in [0.717, 1.165) is 5.56 Å². The third kappa shape index (κ3) is 4.21. The van der Waals surface area contributed by atoms with Crippen molar-refractivity contribution in [3.63, 3.8) is 0 Å². The van der Waals surface area contributed by atoms with Crippen LogP contribution in [0.3, 0.4) is 0 Å². The Morgan fingerprint density at radius 1 is 1.14 bits per heavy atom. The topological polar surface area (TPSA) is 72.4 Å². The lowest BCUT2D eigenvalue weighted by Crippen LogP contribution is -2.29. The number of hydrogen-bond acceptors (Lipinski definition) is 3. The third-order valence-corrected chi connectivity index (χ3v) is 3.40. The summed E-state index contributed by atoms with van der Waals surface area (Å²) in [7, 11) is 0. The van der Waals surface area contributed by atoms with Gasteiger partial charge in [-0.1, -0.05) is 53.4 Å². The Bertz CT molecular complexity index is 522. The van der Waals surface area contributed by atoms with E-state index in [4.69, 9.17) is 5.11 Å². The van der Waals surface area contributed by atoms with Crippen molar-refractivity contribution in [1.82, 2.24) is 5.32 Å². The van der Waals surface area contributed by atoms with Crippen molar-refractivity contribution in [3.05, 3.63) is 28.8 Å². The predicted octanol–water partition coefficient (Wildman–Crippen LogP) is 2.08. The van der Waals surface area contributed by atoms with Gasteiger partial charge in [-0.15, -0.1) is 0 Å². The van der Waals surface area contributed by atoms with E-state index < -0.39 is 5.91 Å². The number of rotatable bonds is 3. The van der Waals surface area contributed by atoms with E-state index >= 15 is 0 Å². The number of nitrogens with one attached hydrogen (secondary N) is 1. The molecule has 0 aliphatic heterocycles. The summed E-state index contributed by atoms with van der Waals surface area (Å²) in [6.45, 7) is 12.0. The van der Waals surface area contributed by atoms with Crippen molar-refractivity contribution in [2.75, 3.05) is 13.2 Å². The van der Waals surface area contributed by atoms with E-state index in [1.807, 2.05) is 26.8 Å². The number of aliphatic hydroxyl groups is 1. The van der Waals surface area contributed by atoms with Crippen LogP contribution in [0.25, 0.3) is 0 Å². The molecule has 0 atom stereocenters. The van der Waals surface area contributed by atoms with Gasteiger partial charge in [-0.05, 0) is 28.0 Å². The molecule has 0 saturated carbocycles. The van der Waals surface area contributed by atoms with Crippen LogP contribution in [0.2, 0.25) is 0 Å². The fraction of sp³-hybridized carbons (Fsp3) is 0.588. The highest BCUT2D eigenvalue weighted by Crippen LogP contribution is 2.36. The zero-order valence-corrected chi connectivity index (χ0v) is 13.8. The summed E-state index contributed by atoms with van der Waals surface area (Å²) in [4.78, 5) is 12.2. The third-order valence-electron chi connectivity index (χ3n) is 3.40. The number of benzene rings is 1. The van der Waals surface area contributed by atoms with Crippen molar-refractivity contribution in [1.29, 1.82) is 0 Å². The van der Waals surface area contributed by atoms with Crippen molar-refractivity contribution in [2.45, 2.75) is 52.4 Å². The molecule has 21 heavy (non-hydrogen) atoms. The number of amides is 1. The van der Waals surface area contributed by atoms with Crippen molar-refractivity contribution >= 4 is 5.91 Å². The maximum absolute atomic E-state index is 12.6. The average Bonchev–Trinajstić information content (AvgIpc) is 2.33. The molecule has 0 spiro atoms. The van der Waals surface area contributed by atoms with Crippen molar-refractivity contribution in [2.24, 2.45) is 0 Å². The SMILES string of the molecule is CC(C)(C)c1cc(C(=O)NCCO)c([O-])c(C(C)(C)C)c1. The molecule has 118 valence electrons. The maximum Gasteiger partial charge on any atom is 0.250 e. The van der Waals surface area contributed by atoms with E-state index in [1.54, 1.807) is 6.07 Å². The minimum absolute atomic E-state index is 0.142. The average molecular weight is 292 g/mol. The largest absolute Gasteiger partial charge is 0.872 e. The van der Waals surface area contributed by atoms with Gasteiger partial charge in [-0.3, -0.25) is 4.79 Å². The number of aliphatic hydroxyl groups excluding tert-OH is 1. The molecule has 1 aromatic carbocycles. The number of carbonyl (C=O) groups excluding carboxylic acids is 1. The Morgan fingerprint density at radius 3 is 2.14 bits per heavy atom. The molecule has 0 aromatic heterocycles. The maximum atomic E-state index is 12.6. The first-order chi connectivity index (χ1) is 9.48. The lowest BCUT2D eigenvalue weighted by Gasteiger charge is -2.31. The Kier molecular flexibility index (Phi) is 5.05. The van der Waals surface area contributed by atoms with Crippen LogP contribution in [-0.2, 0) is 10.8 Å². The highest BCUT2D eigenvalue weighted by Gasteiger charge is 2.23. The van der Waals surface area contributed by atoms with Gasteiger partial charge in [0.1, 0.15) is 0 Å². The monoisotopic (exact) mass is 292 g/mol. The van der Waals surface area contributed by atoms with Gasteiger partial charge in [0.2, 0.25) is 0 Å². The summed E-state index contributed by atoms with van der Waals surface area (Å²) in [6, 6.07) is 3.58. The van der Waals surface area contributed by atoms with Crippen LogP contribution in [0.1, 0.15) is 63.0 Å². The zero-order chi connectivity index (χ0) is 16.4. The Hall–Kier alpha value is -1.55. The summed E-state index contributed by atoms with van der Waals surface area (Å²) in [5.74, 6) is -0.656. The molecule has 0 saturated heterocycles. The van der Waals surface area contributed by atoms with E-state index in [-0.39, 0.29) is 35.3 Å². The Labute approximate surface area is 127 Å². The van der Waals surface area contributed by atoms with Crippen LogP contribution in [0.15, 0.2) is 12.1 Å². The first-order valence-electron chi connectivity index (χ1n) is 7.23. The first kappa shape index (κ1) is 17.5. The second kappa shape index (κ2) is 6.06. The summed E-state index contributed by atoms with van der Waals surface area (Å²) in [6.07, 6.45) is 0. The summed E-state index contributed by atoms with van der Waals surface area (Å²) >= 11 is 0. The van der Waals surface area contributed by atoms with Gasteiger partial charge in [0.25, 0.3) is 5.91 Å². The van der Waals surface area contributed by atoms with Crippen LogP contribution >= 0.6 is 0 Å². The lowest BCUT2D eigenvalue weighted by molar-refractivity contribution is -0.270. The fourth-order valence-electron chi connectivity index (χ4n) is 2.05. The first-order valence-corrected chi connectivity index (χ1v) is 7.23. The number of hydrogen-bond donors (Lipinski definition) is 2. The van der Waals surface area contributed by atoms with Gasteiger partial charge < -0.3 is 15.5 Å². The van der Waals surface area contributed by atoms with Crippen molar-refractivity contribution < 1.29 is 15.0 Å². The van der Waals surface area contributed by atoms with Crippen LogP contribution in [-0.4, -0.2) is 24.2 Å². The molecule has 1 rings (SSSR count). The molecule has 0 aliphatic carbocycles. The Morgan fingerprint density at radius 2 is 1.71 bits per heavy atom. The van der Waals surface area contributed by atoms with E-state index in [0.29, 0.717) is 5.56 Å². The van der Waals surface area contributed by atoms with Crippen LogP contribution < -0.4 is 10.4 Å². The minimum atomic E-state index is -0.425. The molecule has 1 amide bonds. The normalized spacial score (nSPS) is 12.3. The minimum Gasteiger partial charge on any atom is -0.872 e. The molecule has 0 bridgehead atoms. The van der Waals surface area contributed by atoms with Crippen LogP contribution in [0.5, 0.6) is 5.75 Å². The van der Waals surface area contributed by atoms with Gasteiger partial charge in [-0.2, -0.15) is 0 Å². The quantitative estimate of drug-likeness (QED) is 0.896. The summed E-state index contributed by atoms with van der Waals surface area (Å²) in [5, 5.41) is 23.9. The zero-order valence-electron chi connectivity index (χ0n) is 13.8. The van der Waals surface area contributed by atoms with Gasteiger partial charge in [0.05, 0.1) is 6.61 Å². The molecule has 2 N–H and O–H groups in total. The Balaban J connectivity index is 3.45. The second-order valence-corrected chi connectivity index (χ2v) is 7.38. The van der Waals surface area contributed by atoms with Crippen LogP contribution in [0, 0.1) is 0 Å². The number of carbonyl (C=O) groups is 1. The standard InChI is InChI=1S/C17H27NO3/c1-16(2,3)11-9-12(15(21)18-7-8-19)14(20)13(10-11)17(4,5)6/h9-10,19-20H,7-8H2,1-6H3,(H,18,21)/p-1. The smallest absolute Gasteiger partial charge is 0.250 e. The van der Waals surface area contributed by atoms with Gasteiger partial charge in [0, 0.05) is 12.1 Å². The van der Waals surface area contributed by atoms with E-state index in [1.165, 1.54) is 0 Å². The molecule has 0 fully saturated rings. The summed E-state index contributed by atoms with van der Waals surface area (Å²) < 4.78 is 0. The van der Waals surface area contributed by atoms with Crippen LogP contribution in [0.4, 0.5) is 0 Å². The lowest BCUT2D eigenvalue weighted by atomic mass is 9.79. The molecular weight excluding hydrogens is 266 g/mol. The molecule has 0 radical (unpaired) electrons. The molecule has 0 unspecified atom stereocenters. The summed E-state index contributed by atoms with van der Waals surface area (Å²) in [5.41, 5.74) is 1.27. The molecule has 4 heteroatoms. The molecule has 0 aliphatic rings. The molecular formula is C17H26NO3-. The van der Waals surface area contributed by atoms with E-state index in [2.05, 4.69) is 26.1 Å². The van der Waals surface area contributed by atoms with Gasteiger partial charge >= 0.3 is 0 Å². The molecule has 4 nitrogen and oxygen atoms in total. The highest BCUT2D eigenvalue weighted by molar-refractivity contribution is 5.97. The molecule has 0 heterocycles. The second-order valence-electron chi connectivity index (χ2n) is 7.38. The van der Waals surface area contributed by atoms with Gasteiger partial charge in [0.15, 0.2) is 0 Å². The highest BCUT2D eigenvalue weighted by atomic mass is 16.3. The fourth-order valence-corrected chi connectivity index (χ4v) is 2.05. The van der Waals surface area contributed by atoms with E-state index in [9.17, 15) is 9.90 Å². The predicted molar refractivity (Wildman–Crippen MR) is 82.7 cm³/mol. The van der Waals surface area contributed by atoms with Gasteiger partial charge in [-0.25, -0.2) is 0 Å². The van der Waals surface area contributed by atoms with Crippen molar-refractivity contribution in [3.8, 4) is 5.75 Å².